The average Bonchev–Trinajstić information content (AvgIpc) is 2.18. The van der Waals surface area contributed by atoms with E-state index in [2.05, 4.69) is 0 Å². The van der Waals surface area contributed by atoms with Gasteiger partial charge in [0.1, 0.15) is 0 Å². The molecule has 0 aromatic carbocycles. The van der Waals surface area contributed by atoms with E-state index in [1.165, 1.54) is 5.01 Å². The molecule has 1 rings (SSSR count). The highest BCUT2D eigenvalue weighted by Crippen LogP contribution is 1.98. The van der Waals surface area contributed by atoms with Crippen LogP contribution in [0.2, 0.25) is 0 Å². The molecule has 4 N–H and O–H groups in total. The number of aliphatic hydroxyl groups excluding tert-OH is 1. The number of hydrogen-bond acceptors (Lipinski definition) is 4. The molecular formula is C7H16N4O2. The molecule has 13 heavy (non-hydrogen) atoms. The van der Waals surface area contributed by atoms with Gasteiger partial charge in [0.05, 0.1) is 26.4 Å². The summed E-state index contributed by atoms with van der Waals surface area (Å²) in [4.78, 5) is 1.83. The first-order valence-electron chi connectivity index (χ1n) is 4.30. The molecule has 0 unspecified atom stereocenters. The number of ether oxygens (including phenoxy) is 1. The number of aliphatic hydroxyl groups is 1. The van der Waals surface area contributed by atoms with Crippen LogP contribution in [-0.2, 0) is 4.74 Å². The van der Waals surface area contributed by atoms with Crippen LogP contribution in [0.4, 0.5) is 0 Å². The molecule has 6 heteroatoms. The van der Waals surface area contributed by atoms with Crippen molar-refractivity contribution in [3.63, 3.8) is 0 Å². The van der Waals surface area contributed by atoms with Crippen molar-refractivity contribution in [2.75, 3.05) is 39.5 Å². The van der Waals surface area contributed by atoms with Gasteiger partial charge in [0.25, 0.3) is 0 Å². The third-order valence-corrected chi connectivity index (χ3v) is 1.92. The van der Waals surface area contributed by atoms with Crippen molar-refractivity contribution in [1.82, 2.24) is 9.91 Å². The van der Waals surface area contributed by atoms with E-state index in [0.29, 0.717) is 26.3 Å². The Kier molecular flexibility index (Phi) is 3.94. The zero-order chi connectivity index (χ0) is 9.68. The Morgan fingerprint density at radius 1 is 1.54 bits per heavy atom. The maximum Gasteiger partial charge on any atom is 0.208 e. The molecular weight excluding hydrogens is 172 g/mol. The molecule has 1 heterocycles. The van der Waals surface area contributed by atoms with Gasteiger partial charge in [-0.05, 0) is 0 Å². The molecule has 1 saturated heterocycles. The van der Waals surface area contributed by atoms with Gasteiger partial charge >= 0.3 is 0 Å². The minimum atomic E-state index is -0.0385. The predicted octanol–water partition coefficient (Wildman–Crippen LogP) is -1.58. The molecule has 0 spiro atoms. The van der Waals surface area contributed by atoms with Crippen LogP contribution >= 0.6 is 0 Å². The topological polar surface area (TPSA) is 85.8 Å². The second kappa shape index (κ2) is 5.00. The number of rotatable bonds is 2. The summed E-state index contributed by atoms with van der Waals surface area (Å²) in [5, 5.41) is 17.5. The van der Waals surface area contributed by atoms with Gasteiger partial charge in [0, 0.05) is 13.1 Å². The van der Waals surface area contributed by atoms with E-state index in [1.807, 2.05) is 4.90 Å². The summed E-state index contributed by atoms with van der Waals surface area (Å²) >= 11 is 0. The molecule has 6 nitrogen and oxygen atoms in total. The highest BCUT2D eigenvalue weighted by molar-refractivity contribution is 5.76. The Bertz CT molecular complexity index is 170. The van der Waals surface area contributed by atoms with E-state index in [9.17, 15) is 0 Å². The van der Waals surface area contributed by atoms with E-state index in [1.54, 1.807) is 0 Å². The predicted molar refractivity (Wildman–Crippen MR) is 48.1 cm³/mol. The van der Waals surface area contributed by atoms with Gasteiger partial charge in [-0.25, -0.2) is 5.84 Å². The van der Waals surface area contributed by atoms with Gasteiger partial charge in [-0.15, -0.1) is 0 Å². The molecule has 0 atom stereocenters. The van der Waals surface area contributed by atoms with Crippen LogP contribution in [0.15, 0.2) is 0 Å². The first-order valence-corrected chi connectivity index (χ1v) is 4.30. The lowest BCUT2D eigenvalue weighted by molar-refractivity contribution is 0.0609. The Morgan fingerprint density at radius 3 is 2.69 bits per heavy atom. The van der Waals surface area contributed by atoms with Gasteiger partial charge in [-0.1, -0.05) is 0 Å². The van der Waals surface area contributed by atoms with Gasteiger partial charge in [0.2, 0.25) is 5.96 Å². The average molecular weight is 188 g/mol. The Morgan fingerprint density at radius 2 is 2.15 bits per heavy atom. The molecule has 0 bridgehead atoms. The van der Waals surface area contributed by atoms with E-state index in [4.69, 9.17) is 21.1 Å². The van der Waals surface area contributed by atoms with Crippen LogP contribution in [0, 0.1) is 5.41 Å². The second-order valence-electron chi connectivity index (χ2n) is 2.84. The van der Waals surface area contributed by atoms with E-state index < -0.39 is 0 Å². The molecule has 0 amide bonds. The van der Waals surface area contributed by atoms with Gasteiger partial charge in [0.15, 0.2) is 0 Å². The SMILES string of the molecule is N=C(N(N)CCO)N1CCOCC1. The first kappa shape index (κ1) is 10.2. The summed E-state index contributed by atoms with van der Waals surface area (Å²) in [5.74, 6) is 5.77. The lowest BCUT2D eigenvalue weighted by atomic mass is 10.4. The van der Waals surface area contributed by atoms with Crippen LogP contribution < -0.4 is 5.84 Å². The third kappa shape index (κ3) is 2.83. The summed E-state index contributed by atoms with van der Waals surface area (Å²) in [5.41, 5.74) is 0. The lowest BCUT2D eigenvalue weighted by Crippen LogP contribution is -2.52. The molecule has 0 aliphatic carbocycles. The fourth-order valence-electron chi connectivity index (χ4n) is 1.17. The Balaban J connectivity index is 2.36. The zero-order valence-corrected chi connectivity index (χ0v) is 7.57. The van der Waals surface area contributed by atoms with Gasteiger partial charge < -0.3 is 14.7 Å². The molecule has 0 radical (unpaired) electrons. The zero-order valence-electron chi connectivity index (χ0n) is 7.57. The molecule has 0 aromatic heterocycles. The number of guanidine groups is 1. The van der Waals surface area contributed by atoms with E-state index in [0.717, 1.165) is 0 Å². The minimum Gasteiger partial charge on any atom is -0.394 e. The maximum atomic E-state index is 8.62. The first-order chi connectivity index (χ1) is 6.25. The molecule has 1 aliphatic heterocycles. The summed E-state index contributed by atoms with van der Waals surface area (Å²) in [6.07, 6.45) is 0. The molecule has 0 saturated carbocycles. The van der Waals surface area contributed by atoms with Crippen molar-refractivity contribution < 1.29 is 9.84 Å². The van der Waals surface area contributed by atoms with Gasteiger partial charge in [-0.2, -0.15) is 0 Å². The third-order valence-electron chi connectivity index (χ3n) is 1.92. The highest BCUT2D eigenvalue weighted by atomic mass is 16.5. The number of nitrogens with zero attached hydrogens (tertiary/aromatic N) is 2. The van der Waals surface area contributed by atoms with Crippen molar-refractivity contribution in [1.29, 1.82) is 5.41 Å². The van der Waals surface area contributed by atoms with Gasteiger partial charge in [-0.3, -0.25) is 10.4 Å². The van der Waals surface area contributed by atoms with E-state index >= 15 is 0 Å². The quantitative estimate of drug-likeness (QED) is 0.211. The number of hydrazine groups is 1. The Hall–Kier alpha value is -0.850. The molecule has 76 valence electrons. The standard InChI is InChI=1S/C7H16N4O2/c8-7(11(9)1-4-12)10-2-5-13-6-3-10/h8,12H,1-6,9H2. The number of hydrogen-bond donors (Lipinski definition) is 3. The number of morpholine rings is 1. The van der Waals surface area contributed by atoms with Crippen molar-refractivity contribution >= 4 is 5.96 Å². The van der Waals surface area contributed by atoms with Crippen LogP contribution in [-0.4, -0.2) is 60.4 Å². The Labute approximate surface area is 77.3 Å². The monoisotopic (exact) mass is 188 g/mol. The summed E-state index contributed by atoms with van der Waals surface area (Å²) in [6, 6.07) is 0. The molecule has 1 aliphatic rings. The smallest absolute Gasteiger partial charge is 0.208 e. The summed E-state index contributed by atoms with van der Waals surface area (Å²) in [7, 11) is 0. The second-order valence-corrected chi connectivity index (χ2v) is 2.84. The normalized spacial score (nSPS) is 17.2. The lowest BCUT2D eigenvalue weighted by Gasteiger charge is -2.32. The van der Waals surface area contributed by atoms with Crippen LogP contribution in [0.5, 0.6) is 0 Å². The number of nitrogens with two attached hydrogens (primary N) is 1. The summed E-state index contributed by atoms with van der Waals surface area (Å²) < 4.78 is 5.14. The van der Waals surface area contributed by atoms with Crippen LogP contribution in [0.25, 0.3) is 0 Å². The summed E-state index contributed by atoms with van der Waals surface area (Å²) in [6.45, 7) is 2.90. The fourth-order valence-corrected chi connectivity index (χ4v) is 1.17. The highest BCUT2D eigenvalue weighted by Gasteiger charge is 2.16. The number of nitrogens with one attached hydrogen (secondary N) is 1. The van der Waals surface area contributed by atoms with Crippen LogP contribution in [0.3, 0.4) is 0 Å². The molecule has 1 fully saturated rings. The van der Waals surface area contributed by atoms with Crippen LogP contribution in [0.1, 0.15) is 0 Å². The molecule has 0 aromatic rings. The largest absolute Gasteiger partial charge is 0.394 e. The van der Waals surface area contributed by atoms with Crippen molar-refractivity contribution in [2.45, 2.75) is 0 Å². The van der Waals surface area contributed by atoms with Crippen molar-refractivity contribution in [2.24, 2.45) is 5.84 Å². The van der Waals surface area contributed by atoms with E-state index in [-0.39, 0.29) is 19.1 Å². The van der Waals surface area contributed by atoms with Crippen molar-refractivity contribution in [3.05, 3.63) is 0 Å². The fraction of sp³-hybridized carbons (Fsp3) is 0.857. The van der Waals surface area contributed by atoms with Crippen molar-refractivity contribution in [3.8, 4) is 0 Å². The maximum absolute atomic E-state index is 8.62. The minimum absolute atomic E-state index is 0.0385.